The molecule has 0 saturated heterocycles. The molecule has 0 spiro atoms. The van der Waals surface area contributed by atoms with Crippen molar-refractivity contribution in [3.8, 4) is 0 Å². The molecule has 0 aromatic carbocycles. The molecule has 0 unspecified atom stereocenters. The van der Waals surface area contributed by atoms with E-state index in [9.17, 15) is 9.59 Å². The van der Waals surface area contributed by atoms with Gasteiger partial charge in [0.05, 0.1) is 10.0 Å². The predicted molar refractivity (Wildman–Crippen MR) is 81.0 cm³/mol. The average Bonchev–Trinajstić information content (AvgIpc) is 2.90. The van der Waals surface area contributed by atoms with E-state index < -0.39 is 28.2 Å². The minimum absolute atomic E-state index is 0.129. The van der Waals surface area contributed by atoms with Crippen LogP contribution in [-0.2, 0) is 14.3 Å². The molecule has 5 nitrogen and oxygen atoms in total. The van der Waals surface area contributed by atoms with Crippen molar-refractivity contribution >= 4 is 64.1 Å². The standard InChI is InChI=1S/C12H10Cl4N2O3/c1-11(5-12(11,15)16)10(20)21-4-8(19)18-9-7(14)2-6(13)3-17-9/h2-3H,4-5H2,1H3,(H,17,18,19)/t11-/m1/s1. The fourth-order valence-corrected chi connectivity index (χ4v) is 2.70. The minimum Gasteiger partial charge on any atom is -0.455 e. The Kier molecular flexibility index (Phi) is 4.59. The first-order chi connectivity index (χ1) is 9.65. The van der Waals surface area contributed by atoms with Gasteiger partial charge in [-0.25, -0.2) is 4.98 Å². The van der Waals surface area contributed by atoms with Crippen molar-refractivity contribution in [2.45, 2.75) is 17.7 Å². The average molecular weight is 372 g/mol. The van der Waals surface area contributed by atoms with Gasteiger partial charge in [-0.1, -0.05) is 23.2 Å². The molecule has 1 atom stereocenters. The third-order valence-electron chi connectivity index (χ3n) is 3.11. The van der Waals surface area contributed by atoms with Gasteiger partial charge in [0, 0.05) is 12.6 Å². The summed E-state index contributed by atoms with van der Waals surface area (Å²) >= 11 is 23.2. The van der Waals surface area contributed by atoms with Crippen molar-refractivity contribution < 1.29 is 14.3 Å². The number of hydrogen-bond acceptors (Lipinski definition) is 4. The van der Waals surface area contributed by atoms with Crippen LogP contribution in [0.1, 0.15) is 13.3 Å². The summed E-state index contributed by atoms with van der Waals surface area (Å²) < 4.78 is 3.75. The lowest BCUT2D eigenvalue weighted by atomic mass is 10.1. The van der Waals surface area contributed by atoms with Gasteiger partial charge in [-0.15, -0.1) is 23.2 Å². The molecule has 1 fully saturated rings. The van der Waals surface area contributed by atoms with Crippen molar-refractivity contribution in [1.82, 2.24) is 4.98 Å². The summed E-state index contributed by atoms with van der Waals surface area (Å²) in [5.74, 6) is -1.08. The maximum Gasteiger partial charge on any atom is 0.315 e. The van der Waals surface area contributed by atoms with Crippen molar-refractivity contribution in [1.29, 1.82) is 0 Å². The van der Waals surface area contributed by atoms with Crippen LogP contribution in [0, 0.1) is 5.41 Å². The highest BCUT2D eigenvalue weighted by atomic mass is 35.5. The molecule has 0 aliphatic heterocycles. The lowest BCUT2D eigenvalue weighted by molar-refractivity contribution is -0.152. The van der Waals surface area contributed by atoms with Crippen molar-refractivity contribution in [2.75, 3.05) is 11.9 Å². The summed E-state index contributed by atoms with van der Waals surface area (Å²) in [5.41, 5.74) is -0.980. The largest absolute Gasteiger partial charge is 0.455 e. The molecular formula is C12H10Cl4N2O3. The fourth-order valence-electron chi connectivity index (χ4n) is 1.59. The van der Waals surface area contributed by atoms with E-state index in [1.54, 1.807) is 6.92 Å². The first-order valence-corrected chi connectivity index (χ1v) is 7.33. The minimum atomic E-state index is -1.14. The van der Waals surface area contributed by atoms with Crippen molar-refractivity contribution in [3.05, 3.63) is 22.3 Å². The fraction of sp³-hybridized carbons (Fsp3) is 0.417. The number of esters is 1. The van der Waals surface area contributed by atoms with Gasteiger partial charge in [0.2, 0.25) is 0 Å². The van der Waals surface area contributed by atoms with Crippen LogP contribution in [0.3, 0.4) is 0 Å². The Morgan fingerprint density at radius 1 is 1.43 bits per heavy atom. The Hall–Kier alpha value is -0.750. The Bertz CT molecular complexity index is 608. The number of nitrogens with one attached hydrogen (secondary N) is 1. The topological polar surface area (TPSA) is 68.3 Å². The molecule has 1 saturated carbocycles. The molecule has 1 heterocycles. The normalized spacial score (nSPS) is 22.5. The lowest BCUT2D eigenvalue weighted by Crippen LogP contribution is -2.27. The predicted octanol–water partition coefficient (Wildman–Crippen LogP) is 3.45. The molecule has 1 aliphatic carbocycles. The first kappa shape index (κ1) is 16.6. The third-order valence-corrected chi connectivity index (χ3v) is 4.70. The van der Waals surface area contributed by atoms with E-state index in [0.29, 0.717) is 5.02 Å². The number of alkyl halides is 2. The highest BCUT2D eigenvalue weighted by Gasteiger charge is 2.69. The van der Waals surface area contributed by atoms with E-state index in [4.69, 9.17) is 51.1 Å². The van der Waals surface area contributed by atoms with Gasteiger partial charge in [0.1, 0.15) is 9.75 Å². The van der Waals surface area contributed by atoms with Crippen LogP contribution in [0.25, 0.3) is 0 Å². The Morgan fingerprint density at radius 2 is 2.05 bits per heavy atom. The number of amides is 1. The van der Waals surface area contributed by atoms with Gasteiger partial charge in [0.25, 0.3) is 5.91 Å². The summed E-state index contributed by atoms with van der Waals surface area (Å²) in [4.78, 5) is 27.3. The maximum absolute atomic E-state index is 11.8. The highest BCUT2D eigenvalue weighted by molar-refractivity contribution is 6.53. The Balaban J connectivity index is 1.87. The molecule has 1 amide bonds. The maximum atomic E-state index is 11.8. The zero-order chi connectivity index (χ0) is 15.8. The van der Waals surface area contributed by atoms with Gasteiger partial charge in [0.15, 0.2) is 12.4 Å². The monoisotopic (exact) mass is 370 g/mol. The van der Waals surface area contributed by atoms with Crippen LogP contribution in [0.4, 0.5) is 5.82 Å². The molecule has 0 bridgehead atoms. The number of ether oxygens (including phenoxy) is 1. The number of rotatable bonds is 4. The molecule has 2 rings (SSSR count). The number of carbonyl (C=O) groups is 2. The molecule has 1 N–H and O–H groups in total. The Morgan fingerprint density at radius 3 is 2.57 bits per heavy atom. The van der Waals surface area contributed by atoms with Crippen LogP contribution < -0.4 is 5.32 Å². The van der Waals surface area contributed by atoms with Gasteiger partial charge in [-0.2, -0.15) is 0 Å². The molecule has 0 radical (unpaired) electrons. The zero-order valence-corrected chi connectivity index (χ0v) is 13.8. The number of aromatic nitrogens is 1. The van der Waals surface area contributed by atoms with Crippen molar-refractivity contribution in [2.24, 2.45) is 5.41 Å². The quantitative estimate of drug-likeness (QED) is 0.650. The first-order valence-electron chi connectivity index (χ1n) is 5.82. The number of nitrogens with zero attached hydrogens (tertiary/aromatic N) is 1. The summed E-state index contributed by atoms with van der Waals surface area (Å²) in [6, 6.07) is 1.43. The highest BCUT2D eigenvalue weighted by Crippen LogP contribution is 2.64. The van der Waals surface area contributed by atoms with Gasteiger partial charge < -0.3 is 10.1 Å². The van der Waals surface area contributed by atoms with Crippen LogP contribution in [0.5, 0.6) is 0 Å². The van der Waals surface area contributed by atoms with Gasteiger partial charge in [-0.3, -0.25) is 9.59 Å². The van der Waals surface area contributed by atoms with E-state index in [-0.39, 0.29) is 17.3 Å². The van der Waals surface area contributed by atoms with Crippen LogP contribution in [0.2, 0.25) is 10.0 Å². The van der Waals surface area contributed by atoms with Crippen LogP contribution >= 0.6 is 46.4 Å². The number of halogens is 4. The number of carbonyl (C=O) groups excluding carboxylic acids is 2. The second kappa shape index (κ2) is 5.80. The number of pyridine rings is 1. The second-order valence-electron chi connectivity index (χ2n) is 4.82. The van der Waals surface area contributed by atoms with E-state index in [0.717, 1.165) is 0 Å². The van der Waals surface area contributed by atoms with Crippen LogP contribution in [0.15, 0.2) is 12.3 Å². The SMILES string of the molecule is C[C@]1(C(=O)OCC(=O)Nc2ncc(Cl)cc2Cl)CC1(Cl)Cl. The summed E-state index contributed by atoms with van der Waals surface area (Å²) in [6.07, 6.45) is 1.61. The van der Waals surface area contributed by atoms with E-state index in [2.05, 4.69) is 10.3 Å². The number of anilines is 1. The summed E-state index contributed by atoms with van der Waals surface area (Å²) in [6.45, 7) is 1.09. The summed E-state index contributed by atoms with van der Waals surface area (Å²) in [5, 5.41) is 2.92. The lowest BCUT2D eigenvalue weighted by Gasteiger charge is -2.12. The molecule has 9 heteroatoms. The molecule has 1 aromatic heterocycles. The van der Waals surface area contributed by atoms with E-state index in [1.165, 1.54) is 12.3 Å². The smallest absolute Gasteiger partial charge is 0.315 e. The third kappa shape index (κ3) is 3.54. The molecular weight excluding hydrogens is 362 g/mol. The Labute approximate surface area is 140 Å². The summed E-state index contributed by atoms with van der Waals surface area (Å²) in [7, 11) is 0. The molecule has 21 heavy (non-hydrogen) atoms. The van der Waals surface area contributed by atoms with E-state index in [1.807, 2.05) is 0 Å². The number of hydrogen-bond donors (Lipinski definition) is 1. The molecule has 1 aromatic rings. The molecule has 1 aliphatic rings. The van der Waals surface area contributed by atoms with Gasteiger partial charge in [-0.05, 0) is 13.0 Å². The van der Waals surface area contributed by atoms with E-state index >= 15 is 0 Å². The van der Waals surface area contributed by atoms with Crippen molar-refractivity contribution in [3.63, 3.8) is 0 Å². The second-order valence-corrected chi connectivity index (χ2v) is 7.15. The van der Waals surface area contributed by atoms with Crippen LogP contribution in [-0.4, -0.2) is 27.8 Å². The van der Waals surface area contributed by atoms with Gasteiger partial charge >= 0.3 is 5.97 Å². The zero-order valence-electron chi connectivity index (χ0n) is 10.8. The molecule has 114 valence electrons.